The molecule has 0 radical (unpaired) electrons. The number of nitrogens with one attached hydrogen (secondary N) is 2. The van der Waals surface area contributed by atoms with Crippen molar-refractivity contribution >= 4 is 34.4 Å². The first-order valence-electron chi connectivity index (χ1n) is 14.1. The van der Waals surface area contributed by atoms with Crippen LogP contribution in [0.25, 0.3) is 10.8 Å². The summed E-state index contributed by atoms with van der Waals surface area (Å²) in [5.74, 6) is -0.321. The summed E-state index contributed by atoms with van der Waals surface area (Å²) in [6, 6.07) is 17.1. The molecule has 3 aromatic carbocycles. The third kappa shape index (κ3) is 8.96. The molecule has 220 valence electrons. The average Bonchev–Trinajstić information content (AvgIpc) is 2.89. The van der Waals surface area contributed by atoms with Crippen molar-refractivity contribution in [3.8, 4) is 5.75 Å². The Morgan fingerprint density at radius 3 is 2.24 bits per heavy atom. The normalized spacial score (nSPS) is 13.0. The Labute approximate surface area is 243 Å². The second-order valence-corrected chi connectivity index (χ2v) is 12.0. The molecule has 2 atom stereocenters. The van der Waals surface area contributed by atoms with Gasteiger partial charge in [0.1, 0.15) is 23.9 Å². The van der Waals surface area contributed by atoms with Gasteiger partial charge in [0.2, 0.25) is 5.91 Å². The van der Waals surface area contributed by atoms with E-state index in [4.69, 9.17) is 4.74 Å². The lowest BCUT2D eigenvalue weighted by Crippen LogP contribution is -2.50. The number of nitrogens with zero attached hydrogens (tertiary/aromatic N) is 1. The zero-order valence-corrected chi connectivity index (χ0v) is 25.2. The number of aryl methyl sites for hydroxylation is 1. The van der Waals surface area contributed by atoms with Gasteiger partial charge in [0.15, 0.2) is 0 Å². The third-order valence-corrected chi connectivity index (χ3v) is 6.79. The van der Waals surface area contributed by atoms with Crippen LogP contribution in [0.3, 0.4) is 0 Å². The highest BCUT2D eigenvalue weighted by Gasteiger charge is 2.35. The first kappa shape index (κ1) is 31.5. The van der Waals surface area contributed by atoms with E-state index in [0.29, 0.717) is 29.2 Å². The molecule has 3 N–H and O–H groups in total. The molecular formula is C33H43N3O5. The van der Waals surface area contributed by atoms with Crippen molar-refractivity contribution in [3.63, 3.8) is 0 Å². The van der Waals surface area contributed by atoms with E-state index in [9.17, 15) is 19.5 Å². The van der Waals surface area contributed by atoms with Crippen LogP contribution in [0, 0.1) is 12.8 Å². The van der Waals surface area contributed by atoms with Gasteiger partial charge in [0.05, 0.1) is 0 Å². The van der Waals surface area contributed by atoms with Crippen LogP contribution < -0.4 is 10.6 Å². The summed E-state index contributed by atoms with van der Waals surface area (Å²) in [6.45, 7) is 12.8. The molecule has 0 spiro atoms. The summed E-state index contributed by atoms with van der Waals surface area (Å²) in [6.07, 6.45) is 0.795. The molecule has 0 saturated heterocycles. The Kier molecular flexibility index (Phi) is 10.4. The van der Waals surface area contributed by atoms with Crippen molar-refractivity contribution in [2.24, 2.45) is 5.92 Å². The number of phenolic OH excluding ortho intramolecular Hbond substituents is 1. The van der Waals surface area contributed by atoms with E-state index in [0.717, 1.165) is 17.2 Å². The standard InChI is InChI=1S/C33H43N3O5/c1-21(2)12-13-23(4)36(29(38)20-34-32(40)41-33(5,6)7)30(26-15-17-28(37)22(3)18-26)31(39)35-27-16-14-24-10-8-9-11-25(24)19-27/h8-11,14-19,21,23,30,37H,12-13,20H2,1-7H3,(H,34,40)(H,35,39). The SMILES string of the molecule is Cc1cc(C(C(=O)Nc2ccc3ccccc3c2)N(C(=O)CNC(=O)OC(C)(C)C)C(C)CCC(C)C)ccc1O. The van der Waals surface area contributed by atoms with Gasteiger partial charge >= 0.3 is 6.09 Å². The van der Waals surface area contributed by atoms with Gasteiger partial charge in [-0.15, -0.1) is 0 Å². The fraction of sp³-hybridized carbons (Fsp3) is 0.424. The Bertz CT molecular complexity index is 1380. The third-order valence-electron chi connectivity index (χ3n) is 6.79. The zero-order valence-electron chi connectivity index (χ0n) is 25.2. The van der Waals surface area contributed by atoms with Crippen molar-refractivity contribution in [2.45, 2.75) is 79.0 Å². The lowest BCUT2D eigenvalue weighted by Gasteiger charge is -2.37. The molecule has 0 bridgehead atoms. The smallest absolute Gasteiger partial charge is 0.408 e. The maximum Gasteiger partial charge on any atom is 0.408 e. The van der Waals surface area contributed by atoms with Crippen molar-refractivity contribution < 1.29 is 24.2 Å². The minimum absolute atomic E-state index is 0.0970. The Hall–Kier alpha value is -4.07. The number of hydrogen-bond donors (Lipinski definition) is 3. The van der Waals surface area contributed by atoms with Crippen LogP contribution >= 0.6 is 0 Å². The molecule has 0 aromatic heterocycles. The predicted octanol–water partition coefficient (Wildman–Crippen LogP) is 6.71. The molecule has 0 fully saturated rings. The molecule has 3 aromatic rings. The maximum absolute atomic E-state index is 14.1. The summed E-state index contributed by atoms with van der Waals surface area (Å²) in [4.78, 5) is 41.8. The summed E-state index contributed by atoms with van der Waals surface area (Å²) >= 11 is 0. The van der Waals surface area contributed by atoms with Crippen LogP contribution in [0.15, 0.2) is 60.7 Å². The van der Waals surface area contributed by atoms with Gasteiger partial charge in [-0.1, -0.05) is 50.2 Å². The molecule has 3 amide bonds. The number of aromatic hydroxyl groups is 1. The lowest BCUT2D eigenvalue weighted by atomic mass is 9.96. The topological polar surface area (TPSA) is 108 Å². The summed E-state index contributed by atoms with van der Waals surface area (Å²) in [5, 5.41) is 17.8. The van der Waals surface area contributed by atoms with E-state index in [-0.39, 0.29) is 18.3 Å². The summed E-state index contributed by atoms with van der Waals surface area (Å²) < 4.78 is 5.32. The Balaban J connectivity index is 2.00. The first-order chi connectivity index (χ1) is 19.2. The average molecular weight is 562 g/mol. The van der Waals surface area contributed by atoms with E-state index in [1.165, 1.54) is 6.07 Å². The first-order valence-corrected chi connectivity index (χ1v) is 14.1. The number of rotatable bonds is 10. The second kappa shape index (κ2) is 13.5. The van der Waals surface area contributed by atoms with Gasteiger partial charge < -0.3 is 25.4 Å². The van der Waals surface area contributed by atoms with Gasteiger partial charge in [0.25, 0.3) is 5.91 Å². The highest BCUT2D eigenvalue weighted by atomic mass is 16.6. The van der Waals surface area contributed by atoms with E-state index < -0.39 is 29.6 Å². The van der Waals surface area contributed by atoms with Crippen molar-refractivity contribution in [1.29, 1.82) is 0 Å². The van der Waals surface area contributed by atoms with Gasteiger partial charge in [-0.25, -0.2) is 4.79 Å². The van der Waals surface area contributed by atoms with E-state index in [1.54, 1.807) is 44.7 Å². The van der Waals surface area contributed by atoms with Gasteiger partial charge in [0, 0.05) is 11.7 Å². The van der Waals surface area contributed by atoms with E-state index in [1.807, 2.05) is 49.4 Å². The lowest BCUT2D eigenvalue weighted by molar-refractivity contribution is -0.140. The quantitative estimate of drug-likeness (QED) is 0.255. The van der Waals surface area contributed by atoms with Crippen molar-refractivity contribution in [2.75, 3.05) is 11.9 Å². The van der Waals surface area contributed by atoms with E-state index >= 15 is 0 Å². The van der Waals surface area contributed by atoms with Gasteiger partial charge in [-0.3, -0.25) is 9.59 Å². The number of carbonyl (C=O) groups excluding carboxylic acids is 3. The molecule has 41 heavy (non-hydrogen) atoms. The number of phenols is 1. The summed E-state index contributed by atoms with van der Waals surface area (Å²) in [5.41, 5.74) is 1.02. The zero-order chi connectivity index (χ0) is 30.3. The van der Waals surface area contributed by atoms with Crippen LogP contribution in [0.1, 0.15) is 71.6 Å². The van der Waals surface area contributed by atoms with Crippen LogP contribution in [-0.4, -0.2) is 46.1 Å². The fourth-order valence-electron chi connectivity index (χ4n) is 4.68. The highest BCUT2D eigenvalue weighted by molar-refractivity contribution is 6.00. The second-order valence-electron chi connectivity index (χ2n) is 12.0. The number of anilines is 1. The van der Waals surface area contributed by atoms with Crippen molar-refractivity contribution in [1.82, 2.24) is 10.2 Å². The molecular weight excluding hydrogens is 518 g/mol. The molecule has 2 unspecified atom stereocenters. The van der Waals surface area contributed by atoms with Gasteiger partial charge in [-0.2, -0.15) is 0 Å². The molecule has 8 nitrogen and oxygen atoms in total. The Morgan fingerprint density at radius 1 is 0.927 bits per heavy atom. The number of alkyl carbamates (subject to hydrolysis) is 1. The number of fused-ring (bicyclic) bond motifs is 1. The maximum atomic E-state index is 14.1. The molecule has 0 aliphatic heterocycles. The number of carbonyl (C=O) groups is 3. The highest BCUT2D eigenvalue weighted by Crippen LogP contribution is 2.31. The number of ether oxygens (including phenoxy) is 1. The number of amides is 3. The molecule has 3 rings (SSSR count). The van der Waals surface area contributed by atoms with Gasteiger partial charge in [-0.05, 0) is 99.5 Å². The summed E-state index contributed by atoms with van der Waals surface area (Å²) in [7, 11) is 0. The Morgan fingerprint density at radius 2 is 1.61 bits per heavy atom. The fourth-order valence-corrected chi connectivity index (χ4v) is 4.68. The molecule has 0 aliphatic carbocycles. The van der Waals surface area contributed by atoms with Crippen LogP contribution in [0.4, 0.5) is 10.5 Å². The predicted molar refractivity (Wildman–Crippen MR) is 163 cm³/mol. The van der Waals surface area contributed by atoms with Crippen molar-refractivity contribution in [3.05, 3.63) is 71.8 Å². The monoisotopic (exact) mass is 561 g/mol. The molecule has 0 heterocycles. The van der Waals surface area contributed by atoms with E-state index in [2.05, 4.69) is 24.5 Å². The minimum Gasteiger partial charge on any atom is -0.508 e. The van der Waals surface area contributed by atoms with Crippen LogP contribution in [0.2, 0.25) is 0 Å². The minimum atomic E-state index is -1.02. The van der Waals surface area contributed by atoms with Crippen LogP contribution in [0.5, 0.6) is 5.75 Å². The number of hydrogen-bond acceptors (Lipinski definition) is 5. The number of benzene rings is 3. The molecule has 0 aliphatic rings. The largest absolute Gasteiger partial charge is 0.508 e. The molecule has 8 heteroatoms. The molecule has 0 saturated carbocycles. The van der Waals surface area contributed by atoms with Crippen LogP contribution in [-0.2, 0) is 14.3 Å².